The summed E-state index contributed by atoms with van der Waals surface area (Å²) in [6, 6.07) is 11.0. The number of carbonyl (C=O) groups excluding carboxylic acids is 1. The summed E-state index contributed by atoms with van der Waals surface area (Å²) in [6.45, 7) is 2.34. The van der Waals surface area contributed by atoms with Gasteiger partial charge in [-0.15, -0.1) is 0 Å². The van der Waals surface area contributed by atoms with E-state index in [1.165, 1.54) is 23.8 Å². The van der Waals surface area contributed by atoms with Gasteiger partial charge in [0.25, 0.3) is 0 Å². The summed E-state index contributed by atoms with van der Waals surface area (Å²) in [5.74, 6) is -1.45. The molecule has 2 aromatic carbocycles. The van der Waals surface area contributed by atoms with Crippen molar-refractivity contribution in [2.24, 2.45) is 0 Å². The van der Waals surface area contributed by atoms with Gasteiger partial charge in [0.15, 0.2) is 0 Å². The molecule has 11 heteroatoms. The maximum absolute atomic E-state index is 13.6. The molecule has 1 aliphatic rings. The van der Waals surface area contributed by atoms with Crippen LogP contribution in [0.4, 0.5) is 13.2 Å². The molecule has 2 heterocycles. The number of esters is 1. The minimum absolute atomic E-state index is 0.132. The first-order valence-electron chi connectivity index (χ1n) is 12.2. The summed E-state index contributed by atoms with van der Waals surface area (Å²) in [7, 11) is 7.29. The molecular weight excluding hydrogens is 511 g/mol. The number of nitrogens with one attached hydrogen (secondary N) is 1. The van der Waals surface area contributed by atoms with Crippen LogP contribution in [-0.2, 0) is 22.1 Å². The quantitative estimate of drug-likeness (QED) is 0.377. The lowest BCUT2D eigenvalue weighted by molar-refractivity contribution is -0.870. The van der Waals surface area contributed by atoms with Crippen molar-refractivity contribution in [2.45, 2.75) is 31.5 Å². The van der Waals surface area contributed by atoms with Gasteiger partial charge in [-0.25, -0.2) is 14.7 Å². The molecule has 1 aliphatic heterocycles. The molecule has 204 valence electrons. The van der Waals surface area contributed by atoms with Gasteiger partial charge < -0.3 is 9.22 Å². The molecule has 0 aliphatic carbocycles. The van der Waals surface area contributed by atoms with E-state index < -0.39 is 35.4 Å². The molecule has 4 rings (SSSR count). The summed E-state index contributed by atoms with van der Waals surface area (Å²) in [5.41, 5.74) is 1.09. The first-order valence-corrected chi connectivity index (χ1v) is 12.2. The van der Waals surface area contributed by atoms with Gasteiger partial charge in [-0.3, -0.25) is 4.57 Å². The Labute approximate surface area is 223 Å². The lowest BCUT2D eigenvalue weighted by Crippen LogP contribution is -2.38. The van der Waals surface area contributed by atoms with Crippen molar-refractivity contribution in [3.8, 4) is 6.07 Å². The van der Waals surface area contributed by atoms with Crippen molar-refractivity contribution < 1.29 is 27.2 Å². The highest BCUT2D eigenvalue weighted by atomic mass is 19.4. The van der Waals surface area contributed by atoms with E-state index in [1.807, 2.05) is 21.1 Å². The highest BCUT2D eigenvalue weighted by Crippen LogP contribution is 2.45. The molecule has 2 atom stereocenters. The molecule has 39 heavy (non-hydrogen) atoms. The van der Waals surface area contributed by atoms with Gasteiger partial charge in [0, 0.05) is 6.42 Å². The third kappa shape index (κ3) is 5.38. The standard InChI is InChI=1S/C28H28F3N5O3/c1-16-22(19-7-6-8-20(14-19)28(29,30)31)25-33-34-27(38)35(25)24(23(16)26(37)39-5)21-10-9-17(15-32)13-18(21)11-12-36(2,3)4/h6-10,13-14,22,24H,11-12H2,1-5H3/p+1/t22?,24-/m1/s1. The smallest absolute Gasteiger partial charge is 0.416 e. The molecule has 0 amide bonds. The Morgan fingerprint density at radius 2 is 1.92 bits per heavy atom. The molecule has 0 saturated carbocycles. The third-order valence-electron chi connectivity index (χ3n) is 6.95. The zero-order valence-corrected chi connectivity index (χ0v) is 22.3. The van der Waals surface area contributed by atoms with E-state index in [1.54, 1.807) is 25.1 Å². The maximum Gasteiger partial charge on any atom is 0.416 e. The molecular formula is C28H29F3N5O3+. The fourth-order valence-electron chi connectivity index (χ4n) is 5.05. The molecule has 0 radical (unpaired) electrons. The van der Waals surface area contributed by atoms with E-state index >= 15 is 0 Å². The Morgan fingerprint density at radius 3 is 2.54 bits per heavy atom. The largest absolute Gasteiger partial charge is 0.466 e. The second kappa shape index (κ2) is 10.2. The van der Waals surface area contributed by atoms with E-state index in [2.05, 4.69) is 16.3 Å². The number of fused-ring (bicyclic) bond motifs is 1. The average Bonchev–Trinajstić information content (AvgIpc) is 3.26. The molecule has 3 aromatic rings. The molecule has 1 N–H and O–H groups in total. The second-order valence-corrected chi connectivity index (χ2v) is 10.6. The Morgan fingerprint density at radius 1 is 1.21 bits per heavy atom. The lowest BCUT2D eigenvalue weighted by atomic mass is 9.79. The fourth-order valence-corrected chi connectivity index (χ4v) is 5.05. The number of allylic oxidation sites excluding steroid dienone is 1. The number of hydrogen-bond donors (Lipinski definition) is 1. The predicted octanol–water partition coefficient (Wildman–Crippen LogP) is 3.93. The van der Waals surface area contributed by atoms with E-state index in [9.17, 15) is 28.0 Å². The van der Waals surface area contributed by atoms with Crippen molar-refractivity contribution >= 4 is 5.97 Å². The zero-order valence-electron chi connectivity index (χ0n) is 22.3. The summed E-state index contributed by atoms with van der Waals surface area (Å²) in [5, 5.41) is 16.2. The van der Waals surface area contributed by atoms with Crippen LogP contribution in [0.5, 0.6) is 0 Å². The van der Waals surface area contributed by atoms with Crippen LogP contribution in [0.25, 0.3) is 0 Å². The van der Waals surface area contributed by atoms with Gasteiger partial charge in [0.2, 0.25) is 0 Å². The van der Waals surface area contributed by atoms with Crippen LogP contribution in [0.15, 0.2) is 58.4 Å². The number of methoxy groups -OCH3 is 1. The number of alkyl halides is 3. The first-order chi connectivity index (χ1) is 18.3. The Kier molecular flexibility index (Phi) is 7.27. The number of H-pyrrole nitrogens is 1. The molecule has 0 saturated heterocycles. The second-order valence-electron chi connectivity index (χ2n) is 10.6. The van der Waals surface area contributed by atoms with Crippen molar-refractivity contribution in [2.75, 3.05) is 34.8 Å². The van der Waals surface area contributed by atoms with Gasteiger partial charge in [-0.1, -0.05) is 24.3 Å². The van der Waals surface area contributed by atoms with Crippen LogP contribution in [0, 0.1) is 11.3 Å². The molecule has 1 aromatic heterocycles. The number of carbonyl (C=O) groups is 1. The van der Waals surface area contributed by atoms with Gasteiger partial charge in [0.05, 0.1) is 69.5 Å². The monoisotopic (exact) mass is 540 g/mol. The fraction of sp³-hybridized carbons (Fsp3) is 0.357. The number of quaternary nitrogens is 1. The molecule has 0 spiro atoms. The topological polar surface area (TPSA) is 101 Å². The average molecular weight is 541 g/mol. The highest BCUT2D eigenvalue weighted by molar-refractivity contribution is 5.92. The summed E-state index contributed by atoms with van der Waals surface area (Å²) in [6.07, 6.45) is -4.04. The summed E-state index contributed by atoms with van der Waals surface area (Å²) in [4.78, 5) is 26.5. The number of aromatic nitrogens is 3. The number of aromatic amines is 1. The summed E-state index contributed by atoms with van der Waals surface area (Å²) >= 11 is 0. The number of likely N-dealkylation sites (N-methyl/N-ethyl adjacent to an activating group) is 1. The SMILES string of the molecule is COC(=O)C1=C(C)C(c2cccc(C(F)(F)F)c2)c2n[nH]c(=O)n2[C@@H]1c1ccc(C#N)cc1CC[N+](C)(C)C. The van der Waals surface area contributed by atoms with E-state index in [-0.39, 0.29) is 17.0 Å². The van der Waals surface area contributed by atoms with Crippen LogP contribution in [0.2, 0.25) is 0 Å². The number of nitriles is 1. The normalized spacial score (nSPS) is 17.5. The predicted molar refractivity (Wildman–Crippen MR) is 137 cm³/mol. The maximum atomic E-state index is 13.6. The number of halogens is 3. The Bertz CT molecular complexity index is 1550. The van der Waals surface area contributed by atoms with Crippen molar-refractivity contribution in [1.29, 1.82) is 5.26 Å². The van der Waals surface area contributed by atoms with Gasteiger partial charge in [-0.2, -0.15) is 23.5 Å². The minimum Gasteiger partial charge on any atom is -0.466 e. The Balaban J connectivity index is 2.00. The van der Waals surface area contributed by atoms with Crippen molar-refractivity contribution in [3.05, 3.63) is 97.7 Å². The summed E-state index contributed by atoms with van der Waals surface area (Å²) < 4.78 is 47.7. The number of rotatable bonds is 6. The van der Waals surface area contributed by atoms with Gasteiger partial charge in [0.1, 0.15) is 5.82 Å². The van der Waals surface area contributed by atoms with Crippen LogP contribution >= 0.6 is 0 Å². The minimum atomic E-state index is -4.58. The van der Waals surface area contributed by atoms with E-state index in [0.717, 1.165) is 17.7 Å². The zero-order chi connectivity index (χ0) is 28.7. The number of ether oxygens (including phenoxy) is 1. The number of nitrogens with zero attached hydrogens (tertiary/aromatic N) is 4. The van der Waals surface area contributed by atoms with Gasteiger partial charge in [-0.05, 0) is 47.4 Å². The molecule has 1 unspecified atom stereocenters. The molecule has 0 fully saturated rings. The van der Waals surface area contributed by atoms with Crippen molar-refractivity contribution in [1.82, 2.24) is 14.8 Å². The highest BCUT2D eigenvalue weighted by Gasteiger charge is 2.42. The molecule has 0 bridgehead atoms. The van der Waals surface area contributed by atoms with Crippen LogP contribution in [0.1, 0.15) is 52.5 Å². The number of hydrogen-bond acceptors (Lipinski definition) is 5. The van der Waals surface area contributed by atoms with E-state index in [0.29, 0.717) is 34.1 Å². The van der Waals surface area contributed by atoms with E-state index in [4.69, 9.17) is 4.74 Å². The molecule has 8 nitrogen and oxygen atoms in total. The first kappa shape index (κ1) is 27.9. The third-order valence-corrected chi connectivity index (χ3v) is 6.95. The number of benzene rings is 2. The van der Waals surface area contributed by atoms with Crippen LogP contribution in [-0.4, -0.2) is 60.0 Å². The lowest BCUT2D eigenvalue weighted by Gasteiger charge is -2.34. The Hall–Kier alpha value is -4.17. The van der Waals surface area contributed by atoms with Crippen LogP contribution < -0.4 is 5.69 Å². The van der Waals surface area contributed by atoms with Gasteiger partial charge >= 0.3 is 17.8 Å². The van der Waals surface area contributed by atoms with Crippen molar-refractivity contribution in [3.63, 3.8) is 0 Å². The van der Waals surface area contributed by atoms with Crippen LogP contribution in [0.3, 0.4) is 0 Å².